The third-order valence-corrected chi connectivity index (χ3v) is 4.32. The minimum Gasteiger partial charge on any atom is -0.449 e. The second kappa shape index (κ2) is 5.87. The molecule has 2 amide bonds. The molecule has 1 heterocycles. The summed E-state index contributed by atoms with van der Waals surface area (Å²) in [4.78, 5) is 24.7. The van der Waals surface area contributed by atoms with Crippen LogP contribution in [0, 0.1) is 0 Å². The number of rotatable bonds is 2. The zero-order chi connectivity index (χ0) is 15.6. The zero-order valence-electron chi connectivity index (χ0n) is 12.7. The van der Waals surface area contributed by atoms with Gasteiger partial charge in [0.1, 0.15) is 5.66 Å². The molecular formula is C16H21N3O3. The van der Waals surface area contributed by atoms with Crippen molar-refractivity contribution in [2.75, 3.05) is 11.9 Å². The molecule has 1 aliphatic heterocycles. The van der Waals surface area contributed by atoms with Gasteiger partial charge in [0.2, 0.25) is 0 Å². The first-order valence-corrected chi connectivity index (χ1v) is 7.81. The van der Waals surface area contributed by atoms with E-state index in [1.54, 1.807) is 13.0 Å². The molecule has 1 spiro atoms. The van der Waals surface area contributed by atoms with Gasteiger partial charge in [0.05, 0.1) is 12.2 Å². The van der Waals surface area contributed by atoms with Gasteiger partial charge in [-0.25, -0.2) is 15.2 Å². The second-order valence-electron chi connectivity index (χ2n) is 5.74. The first-order chi connectivity index (χ1) is 10.7. The summed E-state index contributed by atoms with van der Waals surface area (Å²) in [6, 6.07) is 7.40. The van der Waals surface area contributed by atoms with Gasteiger partial charge >= 0.3 is 6.09 Å². The lowest BCUT2D eigenvalue weighted by Gasteiger charge is -2.49. The quantitative estimate of drug-likeness (QED) is 0.881. The van der Waals surface area contributed by atoms with E-state index in [4.69, 9.17) is 4.74 Å². The van der Waals surface area contributed by atoms with Crippen molar-refractivity contribution in [1.82, 2.24) is 10.4 Å². The number of hydrogen-bond acceptors (Lipinski definition) is 4. The average molecular weight is 303 g/mol. The molecule has 2 aliphatic rings. The molecular weight excluding hydrogens is 282 g/mol. The number of hydrazine groups is 1. The van der Waals surface area contributed by atoms with Crippen LogP contribution in [0.25, 0.3) is 0 Å². The van der Waals surface area contributed by atoms with Gasteiger partial charge in [-0.3, -0.25) is 4.79 Å². The molecule has 1 saturated carbocycles. The molecule has 1 fully saturated rings. The van der Waals surface area contributed by atoms with Gasteiger partial charge in [0.25, 0.3) is 5.91 Å². The fourth-order valence-corrected chi connectivity index (χ4v) is 3.30. The van der Waals surface area contributed by atoms with E-state index in [9.17, 15) is 9.59 Å². The molecule has 3 rings (SSSR count). The maximum absolute atomic E-state index is 12.8. The highest BCUT2D eigenvalue weighted by Gasteiger charge is 2.46. The van der Waals surface area contributed by atoms with E-state index in [-0.39, 0.29) is 12.5 Å². The van der Waals surface area contributed by atoms with E-state index in [1.807, 2.05) is 18.2 Å². The number of fused-ring (bicyclic) bond motifs is 1. The Balaban J connectivity index is 1.95. The van der Waals surface area contributed by atoms with Gasteiger partial charge in [-0.1, -0.05) is 18.6 Å². The summed E-state index contributed by atoms with van der Waals surface area (Å²) in [5.74, 6) is -0.190. The lowest BCUT2D eigenvalue weighted by Crippen LogP contribution is -2.66. The first-order valence-electron chi connectivity index (χ1n) is 7.81. The fourth-order valence-electron chi connectivity index (χ4n) is 3.30. The van der Waals surface area contributed by atoms with Crippen molar-refractivity contribution < 1.29 is 14.3 Å². The van der Waals surface area contributed by atoms with Crippen LogP contribution in [0.1, 0.15) is 49.4 Å². The number of hydrogen-bond donors (Lipinski definition) is 2. The van der Waals surface area contributed by atoms with Crippen LogP contribution in [0.5, 0.6) is 0 Å². The van der Waals surface area contributed by atoms with Gasteiger partial charge in [-0.05, 0) is 44.7 Å². The molecule has 22 heavy (non-hydrogen) atoms. The van der Waals surface area contributed by atoms with Crippen LogP contribution in [0.2, 0.25) is 0 Å². The fraction of sp³-hybridized carbons (Fsp3) is 0.500. The minimum atomic E-state index is -0.595. The number of benzene rings is 1. The van der Waals surface area contributed by atoms with Crippen molar-refractivity contribution in [2.24, 2.45) is 0 Å². The molecule has 0 radical (unpaired) electrons. The molecule has 0 aromatic heterocycles. The van der Waals surface area contributed by atoms with Crippen LogP contribution in [-0.2, 0) is 4.74 Å². The summed E-state index contributed by atoms with van der Waals surface area (Å²) in [5, 5.41) is 4.91. The molecule has 0 atom stereocenters. The summed E-state index contributed by atoms with van der Waals surface area (Å²) in [7, 11) is 0. The van der Waals surface area contributed by atoms with Crippen molar-refractivity contribution in [1.29, 1.82) is 0 Å². The van der Waals surface area contributed by atoms with Crippen LogP contribution in [0.3, 0.4) is 0 Å². The second-order valence-corrected chi connectivity index (χ2v) is 5.74. The van der Waals surface area contributed by atoms with Crippen LogP contribution < -0.4 is 10.7 Å². The van der Waals surface area contributed by atoms with Crippen LogP contribution in [0.4, 0.5) is 10.5 Å². The molecule has 1 aromatic rings. The van der Waals surface area contributed by atoms with E-state index in [0.29, 0.717) is 5.56 Å². The molecule has 0 unspecified atom stereocenters. The molecule has 2 N–H and O–H groups in total. The highest BCUT2D eigenvalue weighted by atomic mass is 16.6. The van der Waals surface area contributed by atoms with Crippen LogP contribution in [0.15, 0.2) is 24.3 Å². The SMILES string of the molecule is CCOC(=O)NN1C(=O)c2ccccc2NC12CCCCC2. The Morgan fingerprint density at radius 3 is 2.77 bits per heavy atom. The number of amides is 2. The smallest absolute Gasteiger partial charge is 0.426 e. The maximum atomic E-state index is 12.8. The number of nitrogens with one attached hydrogen (secondary N) is 2. The van der Waals surface area contributed by atoms with Crippen molar-refractivity contribution in [3.05, 3.63) is 29.8 Å². The number of carbonyl (C=O) groups excluding carboxylic acids is 2. The number of carbonyl (C=O) groups is 2. The third kappa shape index (κ3) is 2.49. The summed E-state index contributed by atoms with van der Waals surface area (Å²) in [6.07, 6.45) is 4.19. The maximum Gasteiger partial charge on any atom is 0.426 e. The van der Waals surface area contributed by atoms with E-state index in [1.165, 1.54) is 5.01 Å². The minimum absolute atomic E-state index is 0.190. The number of nitrogens with zero attached hydrogens (tertiary/aromatic N) is 1. The Labute approximate surface area is 129 Å². The summed E-state index contributed by atoms with van der Waals surface area (Å²) >= 11 is 0. The Morgan fingerprint density at radius 2 is 2.05 bits per heavy atom. The predicted molar refractivity (Wildman–Crippen MR) is 82.2 cm³/mol. The van der Waals surface area contributed by atoms with Crippen molar-refractivity contribution in [2.45, 2.75) is 44.7 Å². The molecule has 1 aliphatic carbocycles. The largest absolute Gasteiger partial charge is 0.449 e. The zero-order valence-corrected chi connectivity index (χ0v) is 12.7. The Bertz CT molecular complexity index is 582. The highest BCUT2D eigenvalue weighted by molar-refractivity contribution is 6.02. The molecule has 6 nitrogen and oxygen atoms in total. The van der Waals surface area contributed by atoms with Crippen molar-refractivity contribution in [3.63, 3.8) is 0 Å². The number of para-hydroxylation sites is 1. The standard InChI is InChI=1S/C16H21N3O3/c1-2-22-15(21)18-19-14(20)12-8-4-5-9-13(12)17-16(19)10-6-3-7-11-16/h4-5,8-9,17H,2-3,6-7,10-11H2,1H3,(H,18,21). The molecule has 118 valence electrons. The Hall–Kier alpha value is -2.24. The van der Waals surface area contributed by atoms with Crippen LogP contribution in [-0.4, -0.2) is 29.3 Å². The Morgan fingerprint density at radius 1 is 1.32 bits per heavy atom. The van der Waals surface area contributed by atoms with Crippen LogP contribution >= 0.6 is 0 Å². The van der Waals surface area contributed by atoms with Gasteiger partial charge < -0.3 is 10.1 Å². The molecule has 1 aromatic carbocycles. The number of ether oxygens (including phenoxy) is 1. The monoisotopic (exact) mass is 303 g/mol. The molecule has 0 bridgehead atoms. The first kappa shape index (κ1) is 14.7. The van der Waals surface area contributed by atoms with E-state index >= 15 is 0 Å². The normalized spacial score (nSPS) is 19.3. The lowest BCUT2D eigenvalue weighted by atomic mass is 9.85. The summed E-state index contributed by atoms with van der Waals surface area (Å²) in [6.45, 7) is 2.01. The highest BCUT2D eigenvalue weighted by Crippen LogP contribution is 2.39. The molecule has 0 saturated heterocycles. The Kier molecular flexibility index (Phi) is 3.92. The van der Waals surface area contributed by atoms with Crippen molar-refractivity contribution in [3.8, 4) is 0 Å². The van der Waals surface area contributed by atoms with Crippen molar-refractivity contribution >= 4 is 17.7 Å². The van der Waals surface area contributed by atoms with Gasteiger partial charge in [-0.15, -0.1) is 0 Å². The van der Waals surface area contributed by atoms with E-state index in [2.05, 4.69) is 10.7 Å². The van der Waals surface area contributed by atoms with Gasteiger partial charge in [0, 0.05) is 5.69 Å². The average Bonchev–Trinajstić information content (AvgIpc) is 2.53. The molecule has 6 heteroatoms. The van der Waals surface area contributed by atoms with E-state index in [0.717, 1.165) is 37.8 Å². The van der Waals surface area contributed by atoms with Gasteiger partial charge in [0.15, 0.2) is 0 Å². The number of anilines is 1. The predicted octanol–water partition coefficient (Wildman–Crippen LogP) is 2.88. The van der Waals surface area contributed by atoms with Gasteiger partial charge in [-0.2, -0.15) is 0 Å². The summed E-state index contributed by atoms with van der Waals surface area (Å²) in [5.41, 5.74) is 3.47. The van der Waals surface area contributed by atoms with E-state index < -0.39 is 11.8 Å². The lowest BCUT2D eigenvalue weighted by molar-refractivity contribution is 0.0143. The topological polar surface area (TPSA) is 70.7 Å². The summed E-state index contributed by atoms with van der Waals surface area (Å²) < 4.78 is 4.94. The third-order valence-electron chi connectivity index (χ3n) is 4.32.